The zero-order valence-electron chi connectivity index (χ0n) is 14.2. The van der Waals surface area contributed by atoms with Crippen molar-refractivity contribution in [3.05, 3.63) is 83.7 Å². The van der Waals surface area contributed by atoms with Gasteiger partial charge in [0.25, 0.3) is 0 Å². The smallest absolute Gasteiger partial charge is 0.350 e. The molecule has 0 bridgehead atoms. The molecule has 4 heteroatoms. The van der Waals surface area contributed by atoms with Gasteiger partial charge in [-0.25, -0.2) is 4.79 Å². The Morgan fingerprint density at radius 3 is 2.23 bits per heavy atom. The summed E-state index contributed by atoms with van der Waals surface area (Å²) in [7, 11) is 1.41. The van der Waals surface area contributed by atoms with Gasteiger partial charge in [-0.3, -0.25) is 0 Å². The van der Waals surface area contributed by atoms with Crippen molar-refractivity contribution < 1.29 is 9.53 Å². The summed E-state index contributed by atoms with van der Waals surface area (Å²) < 4.78 is 6.00. The van der Waals surface area contributed by atoms with Crippen LogP contribution in [0.4, 0.5) is 11.4 Å². The third-order valence-electron chi connectivity index (χ3n) is 4.23. The maximum absolute atomic E-state index is 12.2. The van der Waals surface area contributed by atoms with Crippen molar-refractivity contribution in [2.24, 2.45) is 0 Å². The predicted molar refractivity (Wildman–Crippen MR) is 108 cm³/mol. The Morgan fingerprint density at radius 1 is 0.846 bits per heavy atom. The van der Waals surface area contributed by atoms with Gasteiger partial charge in [-0.1, -0.05) is 60.7 Å². The third-order valence-corrected chi connectivity index (χ3v) is 5.38. The summed E-state index contributed by atoms with van der Waals surface area (Å²) in [6, 6.07) is 26.4. The van der Waals surface area contributed by atoms with Gasteiger partial charge in [-0.15, -0.1) is 11.3 Å². The number of hydrogen-bond donors (Lipinski definition) is 1. The number of benzene rings is 3. The standard InChI is InChI=1S/C22H17NO2S/c1-25-22(24)21-20(18-9-5-6-10-19(18)26-21)23-17-13-11-16(12-14-17)15-7-3-2-4-8-15/h2-14,23H,1H3. The molecule has 3 aromatic carbocycles. The van der Waals surface area contributed by atoms with E-state index in [1.807, 2.05) is 54.6 Å². The van der Waals surface area contributed by atoms with Crippen LogP contribution < -0.4 is 5.32 Å². The van der Waals surface area contributed by atoms with Crippen LogP contribution in [-0.4, -0.2) is 13.1 Å². The maximum atomic E-state index is 12.2. The third kappa shape index (κ3) is 3.07. The molecule has 1 aromatic heterocycles. The summed E-state index contributed by atoms with van der Waals surface area (Å²) in [5.41, 5.74) is 4.05. The number of esters is 1. The van der Waals surface area contributed by atoms with Crippen molar-refractivity contribution in [2.75, 3.05) is 12.4 Å². The zero-order chi connectivity index (χ0) is 17.9. The molecule has 3 nitrogen and oxygen atoms in total. The minimum absolute atomic E-state index is 0.324. The van der Waals surface area contributed by atoms with E-state index in [2.05, 4.69) is 29.6 Å². The second-order valence-electron chi connectivity index (χ2n) is 5.86. The number of ether oxygens (including phenoxy) is 1. The molecule has 0 unspecified atom stereocenters. The highest BCUT2D eigenvalue weighted by atomic mass is 32.1. The highest BCUT2D eigenvalue weighted by molar-refractivity contribution is 7.21. The van der Waals surface area contributed by atoms with Crippen LogP contribution >= 0.6 is 11.3 Å². The Balaban J connectivity index is 1.70. The maximum Gasteiger partial charge on any atom is 0.350 e. The molecule has 0 aliphatic carbocycles. The molecular weight excluding hydrogens is 342 g/mol. The normalized spacial score (nSPS) is 10.7. The molecule has 0 radical (unpaired) electrons. The molecular formula is C22H17NO2S. The lowest BCUT2D eigenvalue weighted by atomic mass is 10.1. The minimum Gasteiger partial charge on any atom is -0.465 e. The average molecular weight is 359 g/mol. The van der Waals surface area contributed by atoms with E-state index < -0.39 is 0 Å². The Labute approximate surface area is 155 Å². The summed E-state index contributed by atoms with van der Waals surface area (Å²) in [5.74, 6) is -0.324. The molecule has 26 heavy (non-hydrogen) atoms. The van der Waals surface area contributed by atoms with E-state index >= 15 is 0 Å². The van der Waals surface area contributed by atoms with E-state index in [9.17, 15) is 4.79 Å². The highest BCUT2D eigenvalue weighted by Gasteiger charge is 2.19. The van der Waals surface area contributed by atoms with Crippen molar-refractivity contribution in [1.29, 1.82) is 0 Å². The Hall–Kier alpha value is -3.11. The van der Waals surface area contributed by atoms with Crippen LogP contribution in [0.1, 0.15) is 9.67 Å². The Morgan fingerprint density at radius 2 is 1.50 bits per heavy atom. The van der Waals surface area contributed by atoms with Gasteiger partial charge in [0.1, 0.15) is 4.88 Å². The number of methoxy groups -OCH3 is 1. The molecule has 0 saturated heterocycles. The van der Waals surface area contributed by atoms with E-state index in [-0.39, 0.29) is 5.97 Å². The fourth-order valence-corrected chi connectivity index (χ4v) is 4.00. The number of fused-ring (bicyclic) bond motifs is 1. The largest absolute Gasteiger partial charge is 0.465 e. The number of anilines is 2. The number of carbonyl (C=O) groups is 1. The lowest BCUT2D eigenvalue weighted by molar-refractivity contribution is 0.0607. The summed E-state index contributed by atoms with van der Waals surface area (Å²) >= 11 is 1.44. The summed E-state index contributed by atoms with van der Waals surface area (Å²) in [4.78, 5) is 12.8. The van der Waals surface area contributed by atoms with Crippen LogP contribution in [0.25, 0.3) is 21.2 Å². The Bertz CT molecular complexity index is 1050. The van der Waals surface area contributed by atoms with E-state index in [1.54, 1.807) is 0 Å². The quantitative estimate of drug-likeness (QED) is 0.448. The first-order valence-electron chi connectivity index (χ1n) is 8.28. The molecule has 4 aromatic rings. The number of thiophene rings is 1. The lowest BCUT2D eigenvalue weighted by Gasteiger charge is -2.09. The molecule has 0 amide bonds. The molecule has 0 aliphatic rings. The van der Waals surface area contributed by atoms with Gasteiger partial charge in [-0.2, -0.15) is 0 Å². The van der Waals surface area contributed by atoms with Gasteiger partial charge < -0.3 is 10.1 Å². The van der Waals surface area contributed by atoms with Gasteiger partial charge in [-0.05, 0) is 29.3 Å². The van der Waals surface area contributed by atoms with Gasteiger partial charge in [0.2, 0.25) is 0 Å². The number of hydrogen-bond acceptors (Lipinski definition) is 4. The number of carbonyl (C=O) groups excluding carboxylic acids is 1. The first kappa shape index (κ1) is 16.4. The number of nitrogens with one attached hydrogen (secondary N) is 1. The minimum atomic E-state index is -0.324. The molecule has 0 saturated carbocycles. The van der Waals surface area contributed by atoms with Crippen molar-refractivity contribution in [3.8, 4) is 11.1 Å². The van der Waals surface area contributed by atoms with E-state index in [1.165, 1.54) is 24.0 Å². The lowest BCUT2D eigenvalue weighted by Crippen LogP contribution is -2.02. The summed E-state index contributed by atoms with van der Waals surface area (Å²) in [6.07, 6.45) is 0. The van der Waals surface area contributed by atoms with Crippen LogP contribution in [0.3, 0.4) is 0 Å². The molecule has 0 fully saturated rings. The van der Waals surface area contributed by atoms with E-state index in [4.69, 9.17) is 4.74 Å². The van der Waals surface area contributed by atoms with Crippen molar-refractivity contribution in [1.82, 2.24) is 0 Å². The summed E-state index contributed by atoms with van der Waals surface area (Å²) in [6.45, 7) is 0. The second kappa shape index (κ2) is 7.02. The SMILES string of the molecule is COC(=O)c1sc2ccccc2c1Nc1ccc(-c2ccccc2)cc1. The summed E-state index contributed by atoms with van der Waals surface area (Å²) in [5, 5.41) is 4.42. The van der Waals surface area contributed by atoms with Crippen LogP contribution in [-0.2, 0) is 4.74 Å². The van der Waals surface area contributed by atoms with Crippen LogP contribution in [0.5, 0.6) is 0 Å². The predicted octanol–water partition coefficient (Wildman–Crippen LogP) is 6.10. The van der Waals surface area contributed by atoms with Crippen molar-refractivity contribution in [3.63, 3.8) is 0 Å². The first-order valence-corrected chi connectivity index (χ1v) is 9.10. The van der Waals surface area contributed by atoms with Crippen LogP contribution in [0.15, 0.2) is 78.9 Å². The van der Waals surface area contributed by atoms with Gasteiger partial charge in [0, 0.05) is 15.8 Å². The van der Waals surface area contributed by atoms with Crippen LogP contribution in [0, 0.1) is 0 Å². The molecule has 128 valence electrons. The molecule has 0 atom stereocenters. The monoisotopic (exact) mass is 359 g/mol. The second-order valence-corrected chi connectivity index (χ2v) is 6.91. The molecule has 0 aliphatic heterocycles. The average Bonchev–Trinajstić information content (AvgIpc) is 3.07. The molecule has 1 heterocycles. The van der Waals surface area contributed by atoms with Crippen molar-refractivity contribution >= 4 is 38.8 Å². The molecule has 1 N–H and O–H groups in total. The fraction of sp³-hybridized carbons (Fsp3) is 0.0455. The zero-order valence-corrected chi connectivity index (χ0v) is 15.0. The fourth-order valence-electron chi connectivity index (χ4n) is 2.93. The topological polar surface area (TPSA) is 38.3 Å². The van der Waals surface area contributed by atoms with Crippen LogP contribution in [0.2, 0.25) is 0 Å². The Kier molecular flexibility index (Phi) is 4.42. The van der Waals surface area contributed by atoms with Gasteiger partial charge in [0.05, 0.1) is 12.8 Å². The van der Waals surface area contributed by atoms with E-state index in [0.717, 1.165) is 27.0 Å². The van der Waals surface area contributed by atoms with Crippen molar-refractivity contribution in [2.45, 2.75) is 0 Å². The highest BCUT2D eigenvalue weighted by Crippen LogP contribution is 2.38. The molecule has 0 spiro atoms. The van der Waals surface area contributed by atoms with E-state index in [0.29, 0.717) is 4.88 Å². The first-order chi connectivity index (χ1) is 12.8. The van der Waals surface area contributed by atoms with Gasteiger partial charge in [0.15, 0.2) is 0 Å². The molecule has 4 rings (SSSR count). The number of rotatable bonds is 4. The van der Waals surface area contributed by atoms with Gasteiger partial charge >= 0.3 is 5.97 Å².